The van der Waals surface area contributed by atoms with Gasteiger partial charge in [-0.15, -0.1) is 0 Å². The van der Waals surface area contributed by atoms with E-state index in [0.29, 0.717) is 35.4 Å². The molecule has 5 rings (SSSR count). The minimum absolute atomic E-state index is 0.0103. The summed E-state index contributed by atoms with van der Waals surface area (Å²) >= 11 is 0. The van der Waals surface area contributed by atoms with E-state index in [1.807, 2.05) is 104 Å². The number of amides is 2. The second kappa shape index (κ2) is 12.3. The Balaban J connectivity index is 1.54. The first-order valence-electron chi connectivity index (χ1n) is 13.6. The van der Waals surface area contributed by atoms with Gasteiger partial charge in [0, 0.05) is 29.4 Å². The SMILES string of the molecule is CCCCN1C(=O)C(=Cc2cn(-c3ccccc3)nc2-c2ccc(OCc3ccccc3)cc2)C(C)=C(C#N)C1=O. The van der Waals surface area contributed by atoms with E-state index in [1.54, 1.807) is 17.7 Å². The molecule has 0 atom stereocenters. The van der Waals surface area contributed by atoms with Crippen molar-refractivity contribution in [3.8, 4) is 28.8 Å². The first-order chi connectivity index (χ1) is 20.0. The Kier molecular flexibility index (Phi) is 8.21. The summed E-state index contributed by atoms with van der Waals surface area (Å²) in [4.78, 5) is 27.6. The second-order valence-corrected chi connectivity index (χ2v) is 9.80. The molecule has 0 aliphatic carbocycles. The van der Waals surface area contributed by atoms with E-state index in [0.717, 1.165) is 29.0 Å². The summed E-state index contributed by atoms with van der Waals surface area (Å²) in [6, 6.07) is 29.3. The smallest absolute Gasteiger partial charge is 0.271 e. The molecule has 3 aromatic carbocycles. The molecule has 4 aromatic rings. The number of rotatable bonds is 9. The standard InChI is InChI=1S/C34H30N4O3/c1-3-4-19-37-33(39)30(24(2)31(21-35)34(37)40)20-27-22-38(28-13-9-6-10-14-28)36-32(27)26-15-17-29(18-16-26)41-23-25-11-7-5-8-12-25/h5-18,20,22H,3-4,19,23H2,1-2H3. The fourth-order valence-corrected chi connectivity index (χ4v) is 4.68. The highest BCUT2D eigenvalue weighted by atomic mass is 16.5. The number of aromatic nitrogens is 2. The quantitative estimate of drug-likeness (QED) is 0.178. The molecule has 0 unspecified atom stereocenters. The number of nitrogens with zero attached hydrogens (tertiary/aromatic N) is 4. The van der Waals surface area contributed by atoms with Gasteiger partial charge in [0.1, 0.15) is 24.0 Å². The van der Waals surface area contributed by atoms with E-state index >= 15 is 0 Å². The van der Waals surface area contributed by atoms with Crippen LogP contribution in [0.25, 0.3) is 23.0 Å². The van der Waals surface area contributed by atoms with E-state index < -0.39 is 11.8 Å². The fraction of sp³-hybridized carbons (Fsp3) is 0.176. The molecule has 0 N–H and O–H groups in total. The molecule has 0 fully saturated rings. The van der Waals surface area contributed by atoms with Gasteiger partial charge in [0.2, 0.25) is 0 Å². The number of hydrogen-bond donors (Lipinski definition) is 0. The number of nitriles is 1. The van der Waals surface area contributed by atoms with Gasteiger partial charge in [-0.1, -0.05) is 61.9 Å². The highest BCUT2D eigenvalue weighted by Gasteiger charge is 2.35. The summed E-state index contributed by atoms with van der Waals surface area (Å²) in [6.45, 7) is 4.37. The van der Waals surface area contributed by atoms with Crippen LogP contribution in [0, 0.1) is 11.3 Å². The second-order valence-electron chi connectivity index (χ2n) is 9.80. The molecule has 2 heterocycles. The molecule has 7 nitrogen and oxygen atoms in total. The van der Waals surface area contributed by atoms with Gasteiger partial charge in [-0.3, -0.25) is 14.5 Å². The molecule has 0 radical (unpaired) electrons. The lowest BCUT2D eigenvalue weighted by atomic mass is 9.93. The van der Waals surface area contributed by atoms with Crippen molar-refractivity contribution in [3.05, 3.63) is 119 Å². The maximum atomic E-state index is 13.5. The topological polar surface area (TPSA) is 88.2 Å². The Bertz CT molecular complexity index is 1660. The van der Waals surface area contributed by atoms with Crippen LogP contribution in [-0.2, 0) is 16.2 Å². The van der Waals surface area contributed by atoms with Crippen LogP contribution in [0.5, 0.6) is 5.75 Å². The van der Waals surface area contributed by atoms with Crippen LogP contribution < -0.4 is 4.74 Å². The van der Waals surface area contributed by atoms with Crippen LogP contribution in [0.1, 0.15) is 37.8 Å². The van der Waals surface area contributed by atoms with Crippen molar-refractivity contribution in [1.82, 2.24) is 14.7 Å². The van der Waals surface area contributed by atoms with E-state index in [-0.39, 0.29) is 12.1 Å². The van der Waals surface area contributed by atoms with Gasteiger partial charge in [-0.05, 0) is 67.0 Å². The Morgan fingerprint density at radius 1 is 0.927 bits per heavy atom. The third-order valence-corrected chi connectivity index (χ3v) is 7.00. The predicted octanol–water partition coefficient (Wildman–Crippen LogP) is 6.51. The minimum Gasteiger partial charge on any atom is -0.489 e. The minimum atomic E-state index is -0.535. The Morgan fingerprint density at radius 2 is 1.61 bits per heavy atom. The van der Waals surface area contributed by atoms with E-state index in [1.165, 1.54) is 4.90 Å². The number of imide groups is 1. The molecule has 0 bridgehead atoms. The number of unbranched alkanes of at least 4 members (excludes halogenated alkanes) is 1. The molecule has 7 heteroatoms. The van der Waals surface area contributed by atoms with Gasteiger partial charge in [-0.2, -0.15) is 10.4 Å². The van der Waals surface area contributed by atoms with Crippen LogP contribution >= 0.6 is 0 Å². The monoisotopic (exact) mass is 542 g/mol. The van der Waals surface area contributed by atoms with Crippen molar-refractivity contribution in [1.29, 1.82) is 5.26 Å². The zero-order valence-electron chi connectivity index (χ0n) is 23.1. The summed E-state index contributed by atoms with van der Waals surface area (Å²) in [6.07, 6.45) is 5.08. The highest BCUT2D eigenvalue weighted by molar-refractivity contribution is 6.19. The first kappa shape index (κ1) is 27.4. The highest BCUT2D eigenvalue weighted by Crippen LogP contribution is 2.32. The average Bonchev–Trinajstić information content (AvgIpc) is 3.43. The summed E-state index contributed by atoms with van der Waals surface area (Å²) in [5.41, 5.74) is 4.81. The maximum absolute atomic E-state index is 13.5. The number of carbonyl (C=O) groups is 2. The van der Waals surface area contributed by atoms with Gasteiger partial charge in [0.15, 0.2) is 0 Å². The largest absolute Gasteiger partial charge is 0.489 e. The lowest BCUT2D eigenvalue weighted by Gasteiger charge is -2.27. The normalized spacial score (nSPS) is 14.5. The van der Waals surface area contributed by atoms with Gasteiger partial charge < -0.3 is 4.74 Å². The van der Waals surface area contributed by atoms with Crippen molar-refractivity contribution in [2.24, 2.45) is 0 Å². The first-order valence-corrected chi connectivity index (χ1v) is 13.6. The van der Waals surface area contributed by atoms with Crippen molar-refractivity contribution < 1.29 is 14.3 Å². The number of carbonyl (C=O) groups excluding carboxylic acids is 2. The molecule has 1 aliphatic heterocycles. The van der Waals surface area contributed by atoms with Gasteiger partial charge in [0.05, 0.1) is 11.4 Å². The summed E-state index contributed by atoms with van der Waals surface area (Å²) in [7, 11) is 0. The third kappa shape index (κ3) is 5.87. The number of hydrogen-bond acceptors (Lipinski definition) is 5. The van der Waals surface area contributed by atoms with Crippen LogP contribution in [0.2, 0.25) is 0 Å². The fourth-order valence-electron chi connectivity index (χ4n) is 4.68. The van der Waals surface area contributed by atoms with Crippen LogP contribution in [-0.4, -0.2) is 33.0 Å². The Labute approximate surface area is 239 Å². The number of para-hydroxylation sites is 1. The summed E-state index contributed by atoms with van der Waals surface area (Å²) in [5, 5.41) is 14.6. The van der Waals surface area contributed by atoms with E-state index in [9.17, 15) is 14.9 Å². The average molecular weight is 543 g/mol. The van der Waals surface area contributed by atoms with E-state index in [2.05, 4.69) is 0 Å². The summed E-state index contributed by atoms with van der Waals surface area (Å²) in [5.74, 6) is -0.208. The zero-order valence-corrected chi connectivity index (χ0v) is 23.1. The molecule has 204 valence electrons. The summed E-state index contributed by atoms with van der Waals surface area (Å²) < 4.78 is 7.72. The van der Waals surface area contributed by atoms with Crippen molar-refractivity contribution in [2.75, 3.05) is 6.54 Å². The molecule has 0 saturated heterocycles. The lowest BCUT2D eigenvalue weighted by molar-refractivity contribution is -0.140. The molecule has 0 spiro atoms. The Hall–Kier alpha value is -5.22. The van der Waals surface area contributed by atoms with Crippen LogP contribution in [0.3, 0.4) is 0 Å². The molecule has 2 amide bonds. The van der Waals surface area contributed by atoms with Gasteiger partial charge in [0.25, 0.3) is 11.8 Å². The zero-order chi connectivity index (χ0) is 28.8. The molecule has 41 heavy (non-hydrogen) atoms. The predicted molar refractivity (Wildman–Crippen MR) is 158 cm³/mol. The third-order valence-electron chi connectivity index (χ3n) is 7.00. The Morgan fingerprint density at radius 3 is 2.27 bits per heavy atom. The molecule has 1 aliphatic rings. The lowest BCUT2D eigenvalue weighted by Crippen LogP contribution is -2.43. The molecule has 0 saturated carbocycles. The van der Waals surface area contributed by atoms with Gasteiger partial charge in [-0.25, -0.2) is 4.68 Å². The molecular formula is C34H30N4O3. The number of ether oxygens (including phenoxy) is 1. The molecule has 1 aromatic heterocycles. The van der Waals surface area contributed by atoms with Crippen molar-refractivity contribution >= 4 is 17.9 Å². The van der Waals surface area contributed by atoms with Crippen LogP contribution in [0.4, 0.5) is 0 Å². The van der Waals surface area contributed by atoms with Crippen molar-refractivity contribution in [2.45, 2.75) is 33.3 Å². The number of benzene rings is 3. The van der Waals surface area contributed by atoms with Crippen LogP contribution in [0.15, 0.2) is 108 Å². The van der Waals surface area contributed by atoms with E-state index in [4.69, 9.17) is 9.84 Å². The maximum Gasteiger partial charge on any atom is 0.271 e. The van der Waals surface area contributed by atoms with Crippen molar-refractivity contribution in [3.63, 3.8) is 0 Å². The van der Waals surface area contributed by atoms with Gasteiger partial charge >= 0.3 is 0 Å². The molecular weight excluding hydrogens is 512 g/mol.